The molecule has 1 N–H and O–H groups in total. The quantitative estimate of drug-likeness (QED) is 0.911. The number of rotatable bonds is 3. The smallest absolute Gasteiger partial charge is 0.432 e. The van der Waals surface area contributed by atoms with Crippen molar-refractivity contribution >= 4 is 6.08 Å². The Kier molecular flexibility index (Phi) is 3.82. The van der Waals surface area contributed by atoms with Crippen molar-refractivity contribution < 1.29 is 23.0 Å². The van der Waals surface area contributed by atoms with Gasteiger partial charge in [-0.1, -0.05) is 39.0 Å². The second-order valence-electron chi connectivity index (χ2n) is 5.97. The predicted octanol–water partition coefficient (Wildman–Crippen LogP) is 4.07. The molecule has 0 aromatic heterocycles. The molecule has 2 nitrogen and oxygen atoms in total. The summed E-state index contributed by atoms with van der Waals surface area (Å²) >= 11 is 0. The van der Waals surface area contributed by atoms with Gasteiger partial charge in [-0.25, -0.2) is 0 Å². The highest BCUT2D eigenvalue weighted by Gasteiger charge is 2.55. The van der Waals surface area contributed by atoms with Crippen LogP contribution in [0.2, 0.25) is 0 Å². The minimum absolute atomic E-state index is 0.0974. The predicted molar refractivity (Wildman–Crippen MR) is 75.3 cm³/mol. The van der Waals surface area contributed by atoms with E-state index in [0.717, 1.165) is 11.6 Å². The average Bonchev–Trinajstić information content (AvgIpc) is 2.44. The van der Waals surface area contributed by atoms with Gasteiger partial charge in [-0.05, 0) is 24.1 Å². The lowest BCUT2D eigenvalue weighted by Crippen LogP contribution is -2.49. The van der Waals surface area contributed by atoms with E-state index in [1.807, 2.05) is 13.8 Å². The Labute approximate surface area is 122 Å². The molecular weight excluding hydrogens is 281 g/mol. The van der Waals surface area contributed by atoms with E-state index in [9.17, 15) is 18.3 Å². The van der Waals surface area contributed by atoms with Crippen molar-refractivity contribution in [1.29, 1.82) is 0 Å². The van der Waals surface area contributed by atoms with E-state index >= 15 is 0 Å². The van der Waals surface area contributed by atoms with Crippen molar-refractivity contribution in [3.8, 4) is 5.75 Å². The van der Waals surface area contributed by atoms with Crippen LogP contribution in [0, 0.1) is 0 Å². The summed E-state index contributed by atoms with van der Waals surface area (Å²) in [6.07, 6.45) is -2.14. The van der Waals surface area contributed by atoms with Crippen molar-refractivity contribution in [3.05, 3.63) is 35.4 Å². The van der Waals surface area contributed by atoms with E-state index in [4.69, 9.17) is 4.74 Å². The first-order valence-electron chi connectivity index (χ1n) is 6.85. The normalized spacial score (nSPS) is 21.9. The lowest BCUT2D eigenvalue weighted by atomic mass is 9.84. The summed E-state index contributed by atoms with van der Waals surface area (Å²) in [5.41, 5.74) is -1.46. The Balaban J connectivity index is 2.46. The maximum atomic E-state index is 13.3. The van der Waals surface area contributed by atoms with Crippen LogP contribution in [0.3, 0.4) is 0 Å². The zero-order chi connectivity index (χ0) is 15.9. The van der Waals surface area contributed by atoms with Crippen LogP contribution in [0.5, 0.6) is 5.75 Å². The van der Waals surface area contributed by atoms with Crippen LogP contribution in [0.1, 0.15) is 38.3 Å². The van der Waals surface area contributed by atoms with Gasteiger partial charge in [-0.15, -0.1) is 0 Å². The summed E-state index contributed by atoms with van der Waals surface area (Å²) in [5, 5.41) is 9.39. The Hall–Kier alpha value is -1.49. The van der Waals surface area contributed by atoms with Gasteiger partial charge >= 0.3 is 6.18 Å². The molecule has 0 spiro atoms. The molecule has 21 heavy (non-hydrogen) atoms. The van der Waals surface area contributed by atoms with Gasteiger partial charge in [0.15, 0.2) is 0 Å². The monoisotopic (exact) mass is 300 g/mol. The number of hydrogen-bond donors (Lipinski definition) is 1. The molecule has 0 saturated heterocycles. The number of aliphatic hydroxyl groups is 1. The van der Waals surface area contributed by atoms with E-state index < -0.39 is 17.2 Å². The summed E-state index contributed by atoms with van der Waals surface area (Å²) in [5.74, 6) is 0.204. The van der Waals surface area contributed by atoms with Crippen molar-refractivity contribution in [2.24, 2.45) is 0 Å². The molecule has 0 fully saturated rings. The van der Waals surface area contributed by atoms with Gasteiger partial charge in [0, 0.05) is 11.0 Å². The highest BCUT2D eigenvalue weighted by Crippen LogP contribution is 2.43. The van der Waals surface area contributed by atoms with Gasteiger partial charge in [-0.2, -0.15) is 13.2 Å². The number of halogens is 3. The van der Waals surface area contributed by atoms with Crippen LogP contribution >= 0.6 is 0 Å². The number of aliphatic hydroxyl groups excluding tert-OH is 1. The molecule has 0 bridgehead atoms. The summed E-state index contributed by atoms with van der Waals surface area (Å²) in [4.78, 5) is 0. The first kappa shape index (κ1) is 15.9. The lowest BCUT2D eigenvalue weighted by molar-refractivity contribution is -0.230. The Bertz CT molecular complexity index is 561. The van der Waals surface area contributed by atoms with Crippen LogP contribution in [-0.4, -0.2) is 23.5 Å². The van der Waals surface area contributed by atoms with Gasteiger partial charge in [-0.3, -0.25) is 0 Å². The highest BCUT2D eigenvalue weighted by molar-refractivity contribution is 5.62. The van der Waals surface area contributed by atoms with Crippen LogP contribution in [0.25, 0.3) is 6.08 Å². The van der Waals surface area contributed by atoms with Crippen molar-refractivity contribution in [1.82, 2.24) is 0 Å². The highest BCUT2D eigenvalue weighted by atomic mass is 19.4. The summed E-state index contributed by atoms with van der Waals surface area (Å²) in [6, 6.07) is 5.11. The van der Waals surface area contributed by atoms with Crippen LogP contribution in [-0.2, 0) is 5.41 Å². The fraction of sp³-hybridized carbons (Fsp3) is 0.500. The SMILES string of the molecule is CCC1(C(F)(F)F)C=Cc2ccc(C(C)(C)CO)cc2O1. The topological polar surface area (TPSA) is 29.5 Å². The zero-order valence-electron chi connectivity index (χ0n) is 12.3. The maximum absolute atomic E-state index is 13.3. The van der Waals surface area contributed by atoms with Gasteiger partial charge in [0.2, 0.25) is 5.60 Å². The molecule has 1 aliphatic heterocycles. The van der Waals surface area contributed by atoms with Crippen molar-refractivity contribution in [3.63, 3.8) is 0 Å². The second-order valence-corrected chi connectivity index (χ2v) is 5.97. The fourth-order valence-corrected chi connectivity index (χ4v) is 2.27. The molecule has 0 amide bonds. The number of ether oxygens (including phenoxy) is 1. The molecule has 0 saturated carbocycles. The molecule has 5 heteroatoms. The van der Waals surface area contributed by atoms with E-state index in [0.29, 0.717) is 5.56 Å². The average molecular weight is 300 g/mol. The maximum Gasteiger partial charge on any atom is 0.432 e. The third kappa shape index (κ3) is 2.67. The molecule has 116 valence electrons. The molecule has 1 unspecified atom stereocenters. The molecule has 1 heterocycles. The van der Waals surface area contributed by atoms with Gasteiger partial charge < -0.3 is 9.84 Å². The standard InChI is InChI=1S/C16H19F3O2/c1-4-15(16(17,18)19)8-7-11-5-6-12(9-13(11)21-15)14(2,3)10-20/h5-9,20H,4,10H2,1-3H3. The summed E-state index contributed by atoms with van der Waals surface area (Å²) in [7, 11) is 0. The van der Waals surface area contributed by atoms with E-state index in [2.05, 4.69) is 0 Å². The molecule has 1 aromatic carbocycles. The van der Waals surface area contributed by atoms with Crippen LogP contribution < -0.4 is 4.74 Å². The molecule has 1 aromatic rings. The number of alkyl halides is 3. The molecule has 1 aliphatic rings. The minimum Gasteiger partial charge on any atom is -0.473 e. The van der Waals surface area contributed by atoms with E-state index in [1.165, 1.54) is 13.0 Å². The number of hydrogen-bond acceptors (Lipinski definition) is 2. The van der Waals surface area contributed by atoms with Crippen LogP contribution in [0.4, 0.5) is 13.2 Å². The zero-order valence-corrected chi connectivity index (χ0v) is 12.3. The van der Waals surface area contributed by atoms with E-state index in [-0.39, 0.29) is 18.8 Å². The van der Waals surface area contributed by atoms with Crippen molar-refractivity contribution in [2.75, 3.05) is 6.61 Å². The Morgan fingerprint density at radius 1 is 1.24 bits per heavy atom. The number of fused-ring (bicyclic) bond motifs is 1. The van der Waals surface area contributed by atoms with Crippen molar-refractivity contribution in [2.45, 2.75) is 44.4 Å². The molecular formula is C16H19F3O2. The van der Waals surface area contributed by atoms with Gasteiger partial charge in [0.05, 0.1) is 6.61 Å². The third-order valence-corrected chi connectivity index (χ3v) is 4.02. The largest absolute Gasteiger partial charge is 0.473 e. The van der Waals surface area contributed by atoms with Gasteiger partial charge in [0.25, 0.3) is 0 Å². The van der Waals surface area contributed by atoms with Gasteiger partial charge in [0.1, 0.15) is 5.75 Å². The fourth-order valence-electron chi connectivity index (χ4n) is 2.27. The molecule has 0 radical (unpaired) electrons. The van der Waals surface area contributed by atoms with E-state index in [1.54, 1.807) is 18.2 Å². The second kappa shape index (κ2) is 5.05. The molecule has 2 rings (SSSR count). The summed E-state index contributed by atoms with van der Waals surface area (Å²) < 4.78 is 45.1. The molecule has 0 aliphatic carbocycles. The summed E-state index contributed by atoms with van der Waals surface area (Å²) in [6.45, 7) is 5.00. The number of benzene rings is 1. The third-order valence-electron chi connectivity index (χ3n) is 4.02. The first-order valence-corrected chi connectivity index (χ1v) is 6.85. The molecule has 1 atom stereocenters. The lowest BCUT2D eigenvalue weighted by Gasteiger charge is -2.36. The minimum atomic E-state index is -4.47. The Morgan fingerprint density at radius 2 is 1.90 bits per heavy atom. The first-order chi connectivity index (χ1) is 9.65. The van der Waals surface area contributed by atoms with Crippen LogP contribution in [0.15, 0.2) is 24.3 Å². The Morgan fingerprint density at radius 3 is 2.43 bits per heavy atom.